The number of hydrogen-bond acceptors (Lipinski definition) is 7. The molecule has 0 aromatic carbocycles. The van der Waals surface area contributed by atoms with Crippen LogP contribution in [-0.4, -0.2) is 74.9 Å². The van der Waals surface area contributed by atoms with Crippen molar-refractivity contribution in [1.82, 2.24) is 0 Å². The number of carbonyl (C=O) groups is 2. The van der Waals surface area contributed by atoms with Gasteiger partial charge in [-0.05, 0) is 116 Å². The Kier molecular flexibility index (Phi) is 60.7. The van der Waals surface area contributed by atoms with Gasteiger partial charge in [0.25, 0.3) is 0 Å². The number of hydrogen-bond donors (Lipinski definition) is 1. The molecule has 0 radical (unpaired) electrons. The SMILES string of the molecule is CC/C=C\C/C=C\C/C=C\C/C=C\C/C=C\C/C=C\C/C=C\C/C=C\CCCCC(=O)OC(COC(=O)CCCCCCCCCCCCCCCCCCCC/C=C\C/C=C\C/C=C\CCCCCCC)COP(=O)(O)OCC[N+](C)(C)C. The molecule has 2 atom stereocenters. The molecule has 0 heterocycles. The zero-order chi connectivity index (χ0) is 61.2. The Morgan fingerprint density at radius 1 is 0.381 bits per heavy atom. The Bertz CT molecular complexity index is 1880. The molecule has 0 aliphatic heterocycles. The molecule has 0 spiro atoms. The molecule has 1 N–H and O–H groups in total. The Morgan fingerprint density at radius 3 is 1.04 bits per heavy atom. The van der Waals surface area contributed by atoms with Crippen LogP contribution in [0.1, 0.15) is 271 Å². The summed E-state index contributed by atoms with van der Waals surface area (Å²) in [4.78, 5) is 35.8. The van der Waals surface area contributed by atoms with Crippen molar-refractivity contribution in [1.29, 1.82) is 0 Å². The molecule has 9 nitrogen and oxygen atoms in total. The fraction of sp³-hybridized carbons (Fsp3) is 0.676. The van der Waals surface area contributed by atoms with Gasteiger partial charge in [0.05, 0.1) is 27.7 Å². The number of likely N-dealkylation sites (N-methyl/N-ethyl adjacent to an activating group) is 1. The summed E-state index contributed by atoms with van der Waals surface area (Å²) in [6.45, 7) is 4.26. The largest absolute Gasteiger partial charge is 0.472 e. The summed E-state index contributed by atoms with van der Waals surface area (Å²) in [5, 5.41) is 0. The van der Waals surface area contributed by atoms with Crippen molar-refractivity contribution >= 4 is 19.8 Å². The van der Waals surface area contributed by atoms with E-state index in [0.29, 0.717) is 17.4 Å². The summed E-state index contributed by atoms with van der Waals surface area (Å²) in [5.74, 6) is -0.851. The van der Waals surface area contributed by atoms with Crippen LogP contribution in [-0.2, 0) is 32.7 Å². The van der Waals surface area contributed by atoms with E-state index < -0.39 is 26.5 Å². The average molecular weight is 1190 g/mol. The van der Waals surface area contributed by atoms with Gasteiger partial charge in [-0.1, -0.05) is 276 Å². The lowest BCUT2D eigenvalue weighted by molar-refractivity contribution is -0.870. The number of rotatable bonds is 61. The average Bonchev–Trinajstić information content (AvgIpc) is 3.61. The zero-order valence-electron chi connectivity index (χ0n) is 54.6. The zero-order valence-corrected chi connectivity index (χ0v) is 55.5. The van der Waals surface area contributed by atoms with Crippen molar-refractivity contribution in [3.8, 4) is 0 Å². The van der Waals surface area contributed by atoms with Crippen LogP contribution in [0.25, 0.3) is 0 Å². The van der Waals surface area contributed by atoms with Gasteiger partial charge < -0.3 is 18.9 Å². The van der Waals surface area contributed by atoms with Gasteiger partial charge >= 0.3 is 19.8 Å². The van der Waals surface area contributed by atoms with Gasteiger partial charge in [0.15, 0.2) is 6.10 Å². The topological polar surface area (TPSA) is 108 Å². The first-order chi connectivity index (χ1) is 41.0. The molecule has 0 rings (SSSR count). The third-order valence-electron chi connectivity index (χ3n) is 14.2. The van der Waals surface area contributed by atoms with E-state index in [4.69, 9.17) is 18.5 Å². The van der Waals surface area contributed by atoms with E-state index >= 15 is 0 Å². The molecule has 480 valence electrons. The molecule has 0 amide bonds. The van der Waals surface area contributed by atoms with Gasteiger partial charge in [-0.15, -0.1) is 0 Å². The van der Waals surface area contributed by atoms with Crippen LogP contribution >= 0.6 is 7.82 Å². The lowest BCUT2D eigenvalue weighted by atomic mass is 10.0. The minimum atomic E-state index is -4.41. The monoisotopic (exact) mass is 1190 g/mol. The van der Waals surface area contributed by atoms with Gasteiger partial charge in [-0.2, -0.15) is 0 Å². The van der Waals surface area contributed by atoms with E-state index in [2.05, 4.69) is 148 Å². The molecule has 2 unspecified atom stereocenters. The first-order valence-electron chi connectivity index (χ1n) is 33.9. The minimum Gasteiger partial charge on any atom is -0.462 e. The summed E-state index contributed by atoms with van der Waals surface area (Å²) in [5.41, 5.74) is 0. The predicted octanol–water partition coefficient (Wildman–Crippen LogP) is 22.0. The van der Waals surface area contributed by atoms with Crippen LogP contribution in [0.3, 0.4) is 0 Å². The normalized spacial score (nSPS) is 14.0. The van der Waals surface area contributed by atoms with Crippen LogP contribution in [0.4, 0.5) is 0 Å². The van der Waals surface area contributed by atoms with E-state index in [9.17, 15) is 19.0 Å². The first kappa shape index (κ1) is 80.2. The van der Waals surface area contributed by atoms with Crippen molar-refractivity contribution in [2.24, 2.45) is 0 Å². The molecular weight excluding hydrogens is 1060 g/mol. The Labute approximate surface area is 517 Å². The highest BCUT2D eigenvalue weighted by Gasteiger charge is 2.27. The maximum absolute atomic E-state index is 12.8. The molecule has 0 aromatic rings. The molecule has 0 aromatic heterocycles. The molecule has 0 bridgehead atoms. The number of allylic oxidation sites excluding steroid dienone is 22. The Balaban J connectivity index is 4.15. The summed E-state index contributed by atoms with van der Waals surface area (Å²) >= 11 is 0. The highest BCUT2D eigenvalue weighted by atomic mass is 31.2. The van der Waals surface area contributed by atoms with Gasteiger partial charge in [0.1, 0.15) is 19.8 Å². The summed E-state index contributed by atoms with van der Waals surface area (Å²) in [6, 6.07) is 0. The first-order valence-corrected chi connectivity index (χ1v) is 35.4. The number of phosphoric acid groups is 1. The van der Waals surface area contributed by atoms with Gasteiger partial charge in [-0.3, -0.25) is 18.6 Å². The quantitative estimate of drug-likeness (QED) is 0.0211. The van der Waals surface area contributed by atoms with Crippen LogP contribution in [0.2, 0.25) is 0 Å². The molecule has 10 heteroatoms. The lowest BCUT2D eigenvalue weighted by Gasteiger charge is -2.24. The third kappa shape index (κ3) is 67.3. The van der Waals surface area contributed by atoms with Gasteiger partial charge in [0, 0.05) is 12.8 Å². The fourth-order valence-corrected chi connectivity index (χ4v) is 9.72. The number of carbonyl (C=O) groups excluding carboxylic acids is 2. The predicted molar refractivity (Wildman–Crippen MR) is 362 cm³/mol. The highest BCUT2D eigenvalue weighted by molar-refractivity contribution is 7.47. The minimum absolute atomic E-state index is 0.0166. The Morgan fingerprint density at radius 2 is 0.679 bits per heavy atom. The van der Waals surface area contributed by atoms with Crippen LogP contribution in [0.15, 0.2) is 134 Å². The number of ether oxygens (including phenoxy) is 2. The van der Waals surface area contributed by atoms with Crippen molar-refractivity contribution in [3.63, 3.8) is 0 Å². The molecule has 0 aliphatic rings. The fourth-order valence-electron chi connectivity index (χ4n) is 8.98. The molecule has 0 aliphatic carbocycles. The van der Waals surface area contributed by atoms with Crippen molar-refractivity contribution in [2.45, 2.75) is 277 Å². The number of esters is 2. The maximum atomic E-state index is 12.8. The van der Waals surface area contributed by atoms with Crippen LogP contribution in [0.5, 0.6) is 0 Å². The summed E-state index contributed by atoms with van der Waals surface area (Å²) < 4.78 is 34.6. The molecule has 0 fully saturated rings. The number of nitrogens with zero attached hydrogens (tertiary/aromatic N) is 1. The lowest BCUT2D eigenvalue weighted by Crippen LogP contribution is -2.37. The second kappa shape index (κ2) is 63.6. The maximum Gasteiger partial charge on any atom is 0.472 e. The van der Waals surface area contributed by atoms with Crippen molar-refractivity contribution < 1.29 is 42.1 Å². The molecule has 0 saturated carbocycles. The van der Waals surface area contributed by atoms with E-state index in [1.54, 1.807) is 0 Å². The second-order valence-electron chi connectivity index (χ2n) is 23.5. The summed E-state index contributed by atoms with van der Waals surface area (Å²) in [6.07, 6.45) is 92.7. The van der Waals surface area contributed by atoms with Crippen LogP contribution in [0, 0.1) is 0 Å². The van der Waals surface area contributed by atoms with Gasteiger partial charge in [0.2, 0.25) is 0 Å². The van der Waals surface area contributed by atoms with Crippen LogP contribution < -0.4 is 0 Å². The standard InChI is InChI=1S/C74H126NO8P/c1-6-8-10-12-14-16-18-20-22-24-26-28-30-32-34-35-36-37-38-39-41-42-44-46-48-50-52-54-56-58-60-62-64-66-73(76)80-70-72(71-82-84(78,79)81-69-68-75(3,4)5)83-74(77)67-65-63-61-59-57-55-53-51-49-47-45-43-40-33-31-29-27-25-23-21-19-17-15-13-11-9-7-2/h9,11,15,17-18,20-21,23-24,26-27,29-30,32-33,40,45,47,51,53,57,59,72H,6-8,10,12-14,16,19,22,25,28,31,34-39,41-44,46,48-50,52,54-56,58,60-71H2,1-5H3/p+1/b11-9-,17-15-,20-18-,23-21-,26-24-,29-27-,32-30-,40-33-,47-45-,53-51-,59-57-. The van der Waals surface area contributed by atoms with Crippen molar-refractivity contribution in [3.05, 3.63) is 134 Å². The van der Waals surface area contributed by atoms with E-state index in [1.807, 2.05) is 21.1 Å². The highest BCUT2D eigenvalue weighted by Crippen LogP contribution is 2.43. The molecular formula is C74H127NO8P+. The second-order valence-corrected chi connectivity index (χ2v) is 24.9. The van der Waals surface area contributed by atoms with E-state index in [-0.39, 0.29) is 32.0 Å². The molecule has 84 heavy (non-hydrogen) atoms. The van der Waals surface area contributed by atoms with Crippen molar-refractivity contribution in [2.75, 3.05) is 47.5 Å². The smallest absolute Gasteiger partial charge is 0.462 e. The van der Waals surface area contributed by atoms with E-state index in [1.165, 1.54) is 141 Å². The van der Waals surface area contributed by atoms with E-state index in [0.717, 1.165) is 96.3 Å². The third-order valence-corrected chi connectivity index (χ3v) is 15.1. The summed E-state index contributed by atoms with van der Waals surface area (Å²) in [7, 11) is 1.44. The van der Waals surface area contributed by atoms with Gasteiger partial charge in [-0.25, -0.2) is 4.57 Å². The Hall–Kier alpha value is -3.85. The number of phosphoric ester groups is 1. The number of unbranched alkanes of at least 4 members (excludes halogenated alkanes) is 25. The molecule has 0 saturated heterocycles. The number of quaternary nitrogens is 1.